The van der Waals surface area contributed by atoms with Crippen LogP contribution in [-0.4, -0.2) is 4.92 Å². The van der Waals surface area contributed by atoms with Gasteiger partial charge in [-0.05, 0) is 24.5 Å². The van der Waals surface area contributed by atoms with Crippen LogP contribution < -0.4 is 5.73 Å². The molecule has 1 aromatic carbocycles. The molecule has 86 valence electrons. The molecule has 0 amide bonds. The van der Waals surface area contributed by atoms with E-state index in [-0.39, 0.29) is 11.7 Å². The first kappa shape index (κ1) is 11.0. The first-order valence-corrected chi connectivity index (χ1v) is 5.27. The second kappa shape index (κ2) is 4.17. The summed E-state index contributed by atoms with van der Waals surface area (Å²) in [4.78, 5) is 10.2. The number of benzene rings is 1. The SMILES string of the molecule is N[C@@H](CC1CC1)c1ccc(F)cc1[N+](=O)[O-]. The average molecular weight is 224 g/mol. The van der Waals surface area contributed by atoms with E-state index in [1.807, 2.05) is 0 Å². The molecule has 1 aliphatic carbocycles. The van der Waals surface area contributed by atoms with Crippen LogP contribution in [-0.2, 0) is 0 Å². The maximum atomic E-state index is 12.9. The van der Waals surface area contributed by atoms with Crippen molar-refractivity contribution in [1.29, 1.82) is 0 Å². The Bertz CT molecular complexity index is 418. The van der Waals surface area contributed by atoms with Crippen LogP contribution in [0.3, 0.4) is 0 Å². The van der Waals surface area contributed by atoms with Crippen LogP contribution in [0.1, 0.15) is 30.9 Å². The highest BCUT2D eigenvalue weighted by Crippen LogP contribution is 2.38. The van der Waals surface area contributed by atoms with Gasteiger partial charge in [-0.25, -0.2) is 4.39 Å². The Balaban J connectivity index is 2.26. The highest BCUT2D eigenvalue weighted by molar-refractivity contribution is 5.42. The molecule has 5 heteroatoms. The third-order valence-corrected chi connectivity index (χ3v) is 2.87. The molecule has 0 spiro atoms. The van der Waals surface area contributed by atoms with Crippen LogP contribution >= 0.6 is 0 Å². The summed E-state index contributed by atoms with van der Waals surface area (Å²) >= 11 is 0. The van der Waals surface area contributed by atoms with Crippen molar-refractivity contribution < 1.29 is 9.31 Å². The monoisotopic (exact) mass is 224 g/mol. The minimum Gasteiger partial charge on any atom is -0.324 e. The third kappa shape index (κ3) is 2.36. The van der Waals surface area contributed by atoms with Crippen LogP contribution in [0.25, 0.3) is 0 Å². The van der Waals surface area contributed by atoms with Gasteiger partial charge in [0.1, 0.15) is 5.82 Å². The normalized spacial score (nSPS) is 17.1. The summed E-state index contributed by atoms with van der Waals surface area (Å²) in [5.74, 6) is -0.0197. The van der Waals surface area contributed by atoms with Gasteiger partial charge in [0, 0.05) is 11.6 Å². The van der Waals surface area contributed by atoms with E-state index >= 15 is 0 Å². The van der Waals surface area contributed by atoms with Crippen LogP contribution in [0.2, 0.25) is 0 Å². The van der Waals surface area contributed by atoms with E-state index in [1.165, 1.54) is 12.1 Å². The lowest BCUT2D eigenvalue weighted by Crippen LogP contribution is -2.13. The van der Waals surface area contributed by atoms with Crippen molar-refractivity contribution in [2.45, 2.75) is 25.3 Å². The van der Waals surface area contributed by atoms with E-state index < -0.39 is 10.7 Å². The Morgan fingerprint density at radius 3 is 2.81 bits per heavy atom. The third-order valence-electron chi connectivity index (χ3n) is 2.87. The molecule has 16 heavy (non-hydrogen) atoms. The summed E-state index contributed by atoms with van der Waals surface area (Å²) in [6.07, 6.45) is 3.03. The summed E-state index contributed by atoms with van der Waals surface area (Å²) < 4.78 is 12.9. The maximum Gasteiger partial charge on any atom is 0.277 e. The van der Waals surface area contributed by atoms with E-state index in [1.54, 1.807) is 0 Å². The second-order valence-electron chi connectivity index (χ2n) is 4.25. The molecule has 0 aliphatic heterocycles. The van der Waals surface area contributed by atoms with Gasteiger partial charge < -0.3 is 5.73 Å². The summed E-state index contributed by atoms with van der Waals surface area (Å²) in [7, 11) is 0. The number of hydrogen-bond acceptors (Lipinski definition) is 3. The first-order valence-electron chi connectivity index (χ1n) is 5.27. The van der Waals surface area contributed by atoms with Crippen molar-refractivity contribution in [1.82, 2.24) is 0 Å². The number of rotatable bonds is 4. The molecule has 0 bridgehead atoms. The summed E-state index contributed by atoms with van der Waals surface area (Å²) in [5, 5.41) is 10.8. The van der Waals surface area contributed by atoms with Crippen molar-refractivity contribution in [3.05, 3.63) is 39.7 Å². The quantitative estimate of drug-likeness (QED) is 0.631. The number of nitro groups is 1. The van der Waals surface area contributed by atoms with Gasteiger partial charge in [-0.15, -0.1) is 0 Å². The predicted octanol–water partition coefficient (Wildman–Crippen LogP) is 2.53. The molecule has 1 atom stereocenters. The molecule has 1 aliphatic rings. The molecular weight excluding hydrogens is 211 g/mol. The minimum atomic E-state index is -0.603. The van der Waals surface area contributed by atoms with Gasteiger partial charge in [-0.3, -0.25) is 10.1 Å². The van der Waals surface area contributed by atoms with Gasteiger partial charge in [0.05, 0.1) is 11.0 Å². The Hall–Kier alpha value is -1.49. The van der Waals surface area contributed by atoms with Crippen LogP contribution in [0.4, 0.5) is 10.1 Å². The van der Waals surface area contributed by atoms with Gasteiger partial charge in [0.15, 0.2) is 0 Å². The molecular formula is C11H13FN2O2. The molecule has 0 heterocycles. The average Bonchev–Trinajstić information content (AvgIpc) is 3.01. The first-order chi connectivity index (χ1) is 7.58. The van der Waals surface area contributed by atoms with Crippen molar-refractivity contribution >= 4 is 5.69 Å². The number of hydrogen-bond donors (Lipinski definition) is 1. The Labute approximate surface area is 92.4 Å². The van der Waals surface area contributed by atoms with Crippen molar-refractivity contribution in [2.24, 2.45) is 11.7 Å². The lowest BCUT2D eigenvalue weighted by Gasteiger charge is -2.11. The van der Waals surface area contributed by atoms with Gasteiger partial charge in [0.25, 0.3) is 5.69 Å². The van der Waals surface area contributed by atoms with Gasteiger partial charge in [-0.1, -0.05) is 12.8 Å². The molecule has 1 fully saturated rings. The molecule has 1 aromatic rings. The number of nitrogens with two attached hydrogens (primary N) is 1. The van der Waals surface area contributed by atoms with Gasteiger partial charge in [-0.2, -0.15) is 0 Å². The zero-order valence-electron chi connectivity index (χ0n) is 8.73. The van der Waals surface area contributed by atoms with E-state index in [2.05, 4.69) is 0 Å². The van der Waals surface area contributed by atoms with Gasteiger partial charge in [0.2, 0.25) is 0 Å². The molecule has 0 aromatic heterocycles. The van der Waals surface area contributed by atoms with Crippen molar-refractivity contribution in [2.75, 3.05) is 0 Å². The number of halogens is 1. The fourth-order valence-electron chi connectivity index (χ4n) is 1.83. The van der Waals surface area contributed by atoms with Crippen LogP contribution in [0, 0.1) is 21.8 Å². The molecule has 2 rings (SSSR count). The molecule has 0 radical (unpaired) electrons. The maximum absolute atomic E-state index is 12.9. The Morgan fingerprint density at radius 2 is 2.25 bits per heavy atom. The zero-order chi connectivity index (χ0) is 11.7. The largest absolute Gasteiger partial charge is 0.324 e. The molecule has 0 unspecified atom stereocenters. The highest BCUT2D eigenvalue weighted by Gasteiger charge is 2.28. The molecule has 0 saturated heterocycles. The summed E-state index contributed by atoms with van der Waals surface area (Å²) in [5.41, 5.74) is 6.11. The van der Waals surface area contributed by atoms with Crippen LogP contribution in [0.5, 0.6) is 0 Å². The van der Waals surface area contributed by atoms with E-state index in [0.29, 0.717) is 11.5 Å². The molecule has 4 nitrogen and oxygen atoms in total. The number of nitro benzene ring substituents is 1. The van der Waals surface area contributed by atoms with Crippen LogP contribution in [0.15, 0.2) is 18.2 Å². The highest BCUT2D eigenvalue weighted by atomic mass is 19.1. The lowest BCUT2D eigenvalue weighted by molar-refractivity contribution is -0.385. The van der Waals surface area contributed by atoms with E-state index in [4.69, 9.17) is 5.73 Å². The predicted molar refractivity (Wildman–Crippen MR) is 57.3 cm³/mol. The molecule has 2 N–H and O–H groups in total. The zero-order valence-corrected chi connectivity index (χ0v) is 8.73. The Kier molecular flexibility index (Phi) is 2.87. The summed E-state index contributed by atoms with van der Waals surface area (Å²) in [6.45, 7) is 0. The minimum absolute atomic E-state index is 0.215. The second-order valence-corrected chi connectivity index (χ2v) is 4.25. The van der Waals surface area contributed by atoms with Crippen molar-refractivity contribution in [3.8, 4) is 0 Å². The fraction of sp³-hybridized carbons (Fsp3) is 0.455. The van der Waals surface area contributed by atoms with Gasteiger partial charge >= 0.3 is 0 Å². The smallest absolute Gasteiger partial charge is 0.277 e. The molecule has 1 saturated carbocycles. The van der Waals surface area contributed by atoms with E-state index in [0.717, 1.165) is 25.3 Å². The standard InChI is InChI=1S/C11H13FN2O2/c12-8-3-4-9(11(6-8)14(15)16)10(13)5-7-1-2-7/h3-4,6-7,10H,1-2,5,13H2/t10-/m0/s1. The van der Waals surface area contributed by atoms with E-state index in [9.17, 15) is 14.5 Å². The van der Waals surface area contributed by atoms with Crippen molar-refractivity contribution in [3.63, 3.8) is 0 Å². The lowest BCUT2D eigenvalue weighted by atomic mass is 10.0. The Morgan fingerprint density at radius 1 is 1.56 bits per heavy atom. The fourth-order valence-corrected chi connectivity index (χ4v) is 1.83. The summed E-state index contributed by atoms with van der Waals surface area (Å²) in [6, 6.07) is 3.20. The number of nitrogens with zero attached hydrogens (tertiary/aromatic N) is 1. The topological polar surface area (TPSA) is 69.2 Å².